The molecule has 0 fully saturated rings. The molecular formula is C32H24N4O3S. The van der Waals surface area contributed by atoms with E-state index in [1.54, 1.807) is 6.20 Å². The van der Waals surface area contributed by atoms with E-state index >= 15 is 0 Å². The smallest absolute Gasteiger partial charge is 0.231 e. The predicted octanol–water partition coefficient (Wildman–Crippen LogP) is 6.92. The summed E-state index contributed by atoms with van der Waals surface area (Å²) in [5.74, 6) is 2.19. The largest absolute Gasteiger partial charge is 0.454 e. The molecule has 1 unspecified atom stereocenters. The van der Waals surface area contributed by atoms with Gasteiger partial charge in [-0.1, -0.05) is 96.7 Å². The summed E-state index contributed by atoms with van der Waals surface area (Å²) in [6, 6.07) is 33.6. The van der Waals surface area contributed by atoms with Crippen molar-refractivity contribution in [2.24, 2.45) is 0 Å². The van der Waals surface area contributed by atoms with Crippen LogP contribution in [0.2, 0.25) is 0 Å². The number of carbonyl (C=O) groups is 1. The number of benzene rings is 4. The first-order chi connectivity index (χ1) is 19.7. The van der Waals surface area contributed by atoms with Crippen molar-refractivity contribution in [2.45, 2.75) is 17.0 Å². The highest BCUT2D eigenvalue weighted by atomic mass is 32.2. The molecule has 2 aromatic heterocycles. The zero-order valence-electron chi connectivity index (χ0n) is 21.4. The second kappa shape index (κ2) is 10.4. The van der Waals surface area contributed by atoms with Crippen LogP contribution in [0.5, 0.6) is 11.5 Å². The second-order valence-corrected chi connectivity index (χ2v) is 10.5. The van der Waals surface area contributed by atoms with E-state index in [1.807, 2.05) is 103 Å². The normalized spacial score (nSPS) is 13.0. The van der Waals surface area contributed by atoms with Crippen LogP contribution >= 0.6 is 11.8 Å². The fourth-order valence-corrected chi connectivity index (χ4v) is 6.07. The third kappa shape index (κ3) is 4.52. The number of ether oxygens (including phenoxy) is 2. The molecule has 0 radical (unpaired) electrons. The first kappa shape index (κ1) is 24.2. The van der Waals surface area contributed by atoms with E-state index in [0.29, 0.717) is 17.3 Å². The molecule has 7 nitrogen and oxygen atoms in total. The molecule has 7 rings (SSSR count). The second-order valence-electron chi connectivity index (χ2n) is 9.47. The van der Waals surface area contributed by atoms with Crippen molar-refractivity contribution in [1.29, 1.82) is 0 Å². The maximum Gasteiger partial charge on any atom is 0.231 e. The molecule has 0 bridgehead atoms. The quantitative estimate of drug-likeness (QED) is 0.165. The highest BCUT2D eigenvalue weighted by Gasteiger charge is 2.29. The molecule has 3 heterocycles. The highest BCUT2D eigenvalue weighted by molar-refractivity contribution is 8.00. The van der Waals surface area contributed by atoms with Gasteiger partial charge in [-0.2, -0.15) is 0 Å². The number of para-hydroxylation sites is 1. The molecule has 8 heteroatoms. The van der Waals surface area contributed by atoms with Crippen molar-refractivity contribution in [2.75, 3.05) is 6.79 Å². The number of hydrogen-bond acceptors (Lipinski definition) is 6. The lowest BCUT2D eigenvalue weighted by Crippen LogP contribution is -2.12. The van der Waals surface area contributed by atoms with E-state index in [4.69, 9.17) is 9.47 Å². The standard InChI is InChI=1S/C32H24N4O3S/c37-29(25-18-33-26-14-8-7-13-24(25)26)30(22-9-3-1-4-10-22)40-32-35-34-31(23-11-5-2-6-12-23)36(32)19-21-15-16-27-28(17-21)39-20-38-27/h1-18,30,33H,19-20H2. The van der Waals surface area contributed by atoms with E-state index in [0.717, 1.165) is 44.9 Å². The number of nitrogens with one attached hydrogen (secondary N) is 1. The van der Waals surface area contributed by atoms with Gasteiger partial charge in [0, 0.05) is 28.2 Å². The van der Waals surface area contributed by atoms with Crippen molar-refractivity contribution < 1.29 is 14.3 Å². The minimum absolute atomic E-state index is 0.00698. The number of aromatic nitrogens is 4. The van der Waals surface area contributed by atoms with Crippen LogP contribution in [0.1, 0.15) is 26.7 Å². The number of nitrogens with zero attached hydrogens (tertiary/aromatic N) is 3. The van der Waals surface area contributed by atoms with Crippen LogP contribution in [0.3, 0.4) is 0 Å². The Hall–Kier alpha value is -4.82. The fraction of sp³-hybridized carbons (Fsp3) is 0.0938. The Morgan fingerprint density at radius 2 is 1.62 bits per heavy atom. The van der Waals surface area contributed by atoms with Crippen LogP contribution < -0.4 is 9.47 Å². The Kier molecular flexibility index (Phi) is 6.30. The molecule has 1 atom stereocenters. The minimum atomic E-state index is -0.524. The lowest BCUT2D eigenvalue weighted by molar-refractivity contribution is 0.0991. The molecule has 0 saturated heterocycles. The molecule has 1 aliphatic heterocycles. The highest BCUT2D eigenvalue weighted by Crippen LogP contribution is 2.40. The molecular weight excluding hydrogens is 520 g/mol. The van der Waals surface area contributed by atoms with Crippen LogP contribution in [-0.4, -0.2) is 32.3 Å². The maximum atomic E-state index is 14.2. The van der Waals surface area contributed by atoms with Gasteiger partial charge in [0.15, 0.2) is 28.3 Å². The number of hydrogen-bond donors (Lipinski definition) is 1. The van der Waals surface area contributed by atoms with Gasteiger partial charge in [-0.15, -0.1) is 10.2 Å². The summed E-state index contributed by atoms with van der Waals surface area (Å²) in [6.07, 6.45) is 1.80. The number of thioether (sulfide) groups is 1. The number of carbonyl (C=O) groups excluding carboxylic acids is 1. The Balaban J connectivity index is 1.31. The lowest BCUT2D eigenvalue weighted by Gasteiger charge is -2.17. The zero-order chi connectivity index (χ0) is 26.9. The van der Waals surface area contributed by atoms with Gasteiger partial charge < -0.3 is 14.5 Å². The maximum absolute atomic E-state index is 14.2. The molecule has 1 N–H and O–H groups in total. The van der Waals surface area contributed by atoms with Crippen molar-refractivity contribution in [3.05, 3.63) is 126 Å². The summed E-state index contributed by atoms with van der Waals surface area (Å²) in [6.45, 7) is 0.718. The molecule has 4 aromatic carbocycles. The Labute approximate surface area is 234 Å². The molecule has 0 saturated carbocycles. The van der Waals surface area contributed by atoms with Gasteiger partial charge in [-0.3, -0.25) is 9.36 Å². The zero-order valence-corrected chi connectivity index (χ0v) is 22.2. The van der Waals surface area contributed by atoms with Crippen LogP contribution in [0.15, 0.2) is 114 Å². The van der Waals surface area contributed by atoms with Gasteiger partial charge >= 0.3 is 0 Å². The number of H-pyrrole nitrogens is 1. The predicted molar refractivity (Wildman–Crippen MR) is 155 cm³/mol. The summed E-state index contributed by atoms with van der Waals surface area (Å²) < 4.78 is 13.2. The molecule has 0 amide bonds. The van der Waals surface area contributed by atoms with Gasteiger partial charge in [-0.25, -0.2) is 0 Å². The van der Waals surface area contributed by atoms with E-state index in [9.17, 15) is 4.79 Å². The Bertz CT molecular complexity index is 1810. The van der Waals surface area contributed by atoms with Gasteiger partial charge in [0.25, 0.3) is 0 Å². The third-order valence-electron chi connectivity index (χ3n) is 6.94. The first-order valence-electron chi connectivity index (χ1n) is 12.9. The summed E-state index contributed by atoms with van der Waals surface area (Å²) in [5.41, 5.74) is 4.45. The van der Waals surface area contributed by atoms with E-state index in [-0.39, 0.29) is 12.6 Å². The van der Waals surface area contributed by atoms with Gasteiger partial charge in [-0.05, 0) is 29.3 Å². The average molecular weight is 545 g/mol. The fourth-order valence-electron chi connectivity index (χ4n) is 4.96. The van der Waals surface area contributed by atoms with E-state index in [1.165, 1.54) is 11.8 Å². The van der Waals surface area contributed by atoms with E-state index in [2.05, 4.69) is 19.7 Å². The van der Waals surface area contributed by atoms with Crippen LogP contribution in [-0.2, 0) is 6.54 Å². The van der Waals surface area contributed by atoms with Gasteiger partial charge in [0.05, 0.1) is 6.54 Å². The summed E-state index contributed by atoms with van der Waals surface area (Å²) in [5, 5.41) is 10.2. The Morgan fingerprint density at radius 3 is 2.48 bits per heavy atom. The lowest BCUT2D eigenvalue weighted by atomic mass is 10.0. The first-order valence-corrected chi connectivity index (χ1v) is 13.8. The van der Waals surface area contributed by atoms with Crippen molar-refractivity contribution in [1.82, 2.24) is 19.7 Å². The van der Waals surface area contributed by atoms with Gasteiger partial charge in [0.1, 0.15) is 5.25 Å². The summed E-state index contributed by atoms with van der Waals surface area (Å²) in [7, 11) is 0. The van der Waals surface area contributed by atoms with E-state index < -0.39 is 5.25 Å². The topological polar surface area (TPSA) is 82.0 Å². The van der Waals surface area contributed by atoms with Crippen LogP contribution in [0, 0.1) is 0 Å². The molecule has 0 aliphatic carbocycles. The molecule has 0 spiro atoms. The molecule has 1 aliphatic rings. The number of Topliss-reactive ketones (excluding diaryl/α,β-unsaturated/α-hetero) is 1. The SMILES string of the molecule is O=C(c1c[nH]c2ccccc12)C(Sc1nnc(-c2ccccc2)n1Cc1ccc2c(c1)OCO2)c1ccccc1. The van der Waals surface area contributed by atoms with Gasteiger partial charge in [0.2, 0.25) is 6.79 Å². The van der Waals surface area contributed by atoms with Crippen LogP contribution in [0.25, 0.3) is 22.3 Å². The molecule has 40 heavy (non-hydrogen) atoms. The summed E-state index contributed by atoms with van der Waals surface area (Å²) in [4.78, 5) is 17.4. The molecule has 196 valence electrons. The van der Waals surface area contributed by atoms with Crippen molar-refractivity contribution >= 4 is 28.4 Å². The molecule has 6 aromatic rings. The number of rotatable bonds is 8. The van der Waals surface area contributed by atoms with Crippen molar-refractivity contribution in [3.8, 4) is 22.9 Å². The number of ketones is 1. The third-order valence-corrected chi connectivity index (χ3v) is 8.18. The number of fused-ring (bicyclic) bond motifs is 2. The van der Waals surface area contributed by atoms with Crippen molar-refractivity contribution in [3.63, 3.8) is 0 Å². The minimum Gasteiger partial charge on any atom is -0.454 e. The van der Waals surface area contributed by atoms with Crippen LogP contribution in [0.4, 0.5) is 0 Å². The number of aromatic amines is 1. The monoisotopic (exact) mass is 544 g/mol. The summed E-state index contributed by atoms with van der Waals surface area (Å²) >= 11 is 1.41. The average Bonchev–Trinajstić information content (AvgIpc) is 3.75. The Morgan fingerprint density at radius 1 is 0.875 bits per heavy atom.